The van der Waals surface area contributed by atoms with Gasteiger partial charge in [0.1, 0.15) is 53.7 Å². The highest BCUT2D eigenvalue weighted by molar-refractivity contribution is 5.86. The Morgan fingerprint density at radius 3 is 2.31 bits per heavy atom. The highest BCUT2D eigenvalue weighted by Crippen LogP contribution is 2.42. The molecular formula is C29H32O16. The van der Waals surface area contributed by atoms with Crippen LogP contribution in [0.2, 0.25) is 0 Å². The van der Waals surface area contributed by atoms with E-state index < -0.39 is 74.0 Å². The molecule has 2 aromatic carbocycles. The van der Waals surface area contributed by atoms with Crippen LogP contribution >= 0.6 is 0 Å². The van der Waals surface area contributed by atoms with Crippen molar-refractivity contribution in [3.05, 3.63) is 40.8 Å². The molecule has 0 saturated carbocycles. The lowest BCUT2D eigenvalue weighted by Gasteiger charge is -2.40. The summed E-state index contributed by atoms with van der Waals surface area (Å²) in [5.74, 6) is 1.29. The number of aliphatic hydroxyl groups is 6. The van der Waals surface area contributed by atoms with Crippen molar-refractivity contribution in [1.82, 2.24) is 0 Å². The molecule has 6 rings (SSSR count). The SMILES string of the molecule is COc1cc2c(=O)c(-c3cc4c(cc3OC)OCO4)coc2cc1O[C@@H]1O[C@H](CO[C@@H]2OC[C@](O)(CO)[C@H]2O)[C@@H](O)[C@H](O)[C@H]1O. The third kappa shape index (κ3) is 5.54. The zero-order chi connectivity index (χ0) is 32.0. The van der Waals surface area contributed by atoms with Gasteiger partial charge in [-0.1, -0.05) is 0 Å². The Labute approximate surface area is 254 Å². The van der Waals surface area contributed by atoms with E-state index in [0.29, 0.717) is 22.8 Å². The van der Waals surface area contributed by atoms with E-state index in [-0.39, 0.29) is 34.8 Å². The monoisotopic (exact) mass is 636 g/mol. The minimum absolute atomic E-state index is 0.0311. The molecule has 0 bridgehead atoms. The van der Waals surface area contributed by atoms with Crippen molar-refractivity contribution in [1.29, 1.82) is 0 Å². The summed E-state index contributed by atoms with van der Waals surface area (Å²) in [6.07, 6.45) is -9.72. The Hall–Kier alpha value is -3.71. The lowest BCUT2D eigenvalue weighted by atomic mass is 9.99. The second kappa shape index (κ2) is 12.2. The molecule has 2 fully saturated rings. The van der Waals surface area contributed by atoms with Gasteiger partial charge in [-0.05, 0) is 12.1 Å². The van der Waals surface area contributed by atoms with Crippen molar-refractivity contribution in [2.24, 2.45) is 0 Å². The largest absolute Gasteiger partial charge is 0.496 e. The first-order valence-corrected chi connectivity index (χ1v) is 13.8. The molecule has 0 unspecified atom stereocenters. The fraction of sp³-hybridized carbons (Fsp3) is 0.483. The van der Waals surface area contributed by atoms with Gasteiger partial charge < -0.3 is 73.0 Å². The summed E-state index contributed by atoms with van der Waals surface area (Å²) in [6, 6.07) is 5.94. The van der Waals surface area contributed by atoms with Gasteiger partial charge in [-0.2, -0.15) is 0 Å². The molecule has 4 heterocycles. The predicted molar refractivity (Wildman–Crippen MR) is 148 cm³/mol. The van der Waals surface area contributed by atoms with Gasteiger partial charge in [0.15, 0.2) is 29.3 Å². The number of ether oxygens (including phenoxy) is 8. The van der Waals surface area contributed by atoms with Gasteiger partial charge in [-0.3, -0.25) is 4.79 Å². The number of rotatable bonds is 9. The Morgan fingerprint density at radius 2 is 1.62 bits per heavy atom. The minimum atomic E-state index is -1.93. The molecular weight excluding hydrogens is 604 g/mol. The maximum atomic E-state index is 13.6. The summed E-state index contributed by atoms with van der Waals surface area (Å²) in [6.45, 7) is -1.62. The van der Waals surface area contributed by atoms with Crippen molar-refractivity contribution >= 4 is 11.0 Å². The maximum Gasteiger partial charge on any atom is 0.231 e. The zero-order valence-electron chi connectivity index (χ0n) is 24.0. The molecule has 6 N–H and O–H groups in total. The number of benzene rings is 2. The third-order valence-corrected chi connectivity index (χ3v) is 7.96. The van der Waals surface area contributed by atoms with E-state index in [1.165, 1.54) is 32.6 Å². The number of aliphatic hydroxyl groups excluding tert-OH is 5. The van der Waals surface area contributed by atoms with Crippen LogP contribution in [0.3, 0.4) is 0 Å². The average molecular weight is 637 g/mol. The average Bonchev–Trinajstić information content (AvgIpc) is 3.63. The molecule has 0 spiro atoms. The first kappa shape index (κ1) is 31.3. The normalized spacial score (nSPS) is 30.9. The van der Waals surface area contributed by atoms with Gasteiger partial charge in [0.05, 0.1) is 45.0 Å². The Balaban J connectivity index is 1.24. The quantitative estimate of drug-likeness (QED) is 0.163. The summed E-state index contributed by atoms with van der Waals surface area (Å²) in [5.41, 5.74) is -1.68. The van der Waals surface area contributed by atoms with E-state index in [9.17, 15) is 35.4 Å². The third-order valence-electron chi connectivity index (χ3n) is 7.96. The molecule has 16 heteroatoms. The van der Waals surface area contributed by atoms with Gasteiger partial charge in [-0.15, -0.1) is 0 Å². The topological polar surface area (TPSA) is 225 Å². The molecule has 244 valence electrons. The lowest BCUT2D eigenvalue weighted by molar-refractivity contribution is -0.289. The Morgan fingerprint density at radius 1 is 0.889 bits per heavy atom. The van der Waals surface area contributed by atoms with E-state index in [4.69, 9.17) is 42.3 Å². The van der Waals surface area contributed by atoms with E-state index in [0.717, 1.165) is 0 Å². The highest BCUT2D eigenvalue weighted by atomic mass is 16.7. The van der Waals surface area contributed by atoms with Crippen molar-refractivity contribution in [3.8, 4) is 39.9 Å². The summed E-state index contributed by atoms with van der Waals surface area (Å²) in [7, 11) is 2.78. The van der Waals surface area contributed by atoms with Crippen molar-refractivity contribution < 1.29 is 73.0 Å². The molecule has 3 aliphatic rings. The summed E-state index contributed by atoms with van der Waals surface area (Å²) >= 11 is 0. The van der Waals surface area contributed by atoms with Crippen molar-refractivity contribution in [3.63, 3.8) is 0 Å². The van der Waals surface area contributed by atoms with Crippen LogP contribution in [-0.4, -0.2) is 120 Å². The van der Waals surface area contributed by atoms with Crippen molar-refractivity contribution in [2.75, 3.05) is 40.8 Å². The fourth-order valence-electron chi connectivity index (χ4n) is 5.28. The second-order valence-corrected chi connectivity index (χ2v) is 10.7. The van der Waals surface area contributed by atoms with Crippen molar-refractivity contribution in [2.45, 2.75) is 48.7 Å². The van der Waals surface area contributed by atoms with Gasteiger partial charge >= 0.3 is 0 Å². The Kier molecular flexibility index (Phi) is 8.51. The molecule has 0 amide bonds. The predicted octanol–water partition coefficient (Wildman–Crippen LogP) is -1.15. The molecule has 0 radical (unpaired) electrons. The summed E-state index contributed by atoms with van der Waals surface area (Å²) in [5, 5.41) is 61.5. The van der Waals surface area contributed by atoms with Crippen LogP contribution < -0.4 is 29.1 Å². The van der Waals surface area contributed by atoms with Gasteiger partial charge in [0, 0.05) is 17.7 Å². The lowest BCUT2D eigenvalue weighted by Crippen LogP contribution is -2.60. The summed E-state index contributed by atoms with van der Waals surface area (Å²) < 4.78 is 49.7. The minimum Gasteiger partial charge on any atom is -0.496 e. The van der Waals surface area contributed by atoms with Crippen LogP contribution in [0, 0.1) is 0 Å². The van der Waals surface area contributed by atoms with Gasteiger partial charge in [0.2, 0.25) is 18.5 Å². The molecule has 3 aliphatic heterocycles. The molecule has 16 nitrogen and oxygen atoms in total. The van der Waals surface area contributed by atoms with E-state index in [1.54, 1.807) is 12.1 Å². The summed E-state index contributed by atoms with van der Waals surface area (Å²) in [4.78, 5) is 13.6. The number of methoxy groups -OCH3 is 2. The molecule has 1 aromatic heterocycles. The van der Waals surface area contributed by atoms with Crippen LogP contribution in [0.15, 0.2) is 39.7 Å². The molecule has 3 aromatic rings. The zero-order valence-corrected chi connectivity index (χ0v) is 24.0. The first-order valence-electron chi connectivity index (χ1n) is 13.8. The molecule has 45 heavy (non-hydrogen) atoms. The smallest absolute Gasteiger partial charge is 0.231 e. The second-order valence-electron chi connectivity index (χ2n) is 10.7. The standard InChI is InChI=1S/C29H32O16/c1-37-15-5-19-18(42-11-43-19)3-12(15)14-7-39-16-6-20(17(38-2)4-13(16)22(14)31)44-27-25(34)24(33)23(32)21(45-27)8-40-28-26(35)29(36,9-30)10-41-28/h3-7,21,23-28,30,32-36H,8-11H2,1-2H3/t21-,23-,24+,25-,26+,27-,28-,29-/m1/s1. The van der Waals surface area contributed by atoms with Gasteiger partial charge in [0.25, 0.3) is 0 Å². The molecule has 2 saturated heterocycles. The fourth-order valence-corrected chi connectivity index (χ4v) is 5.28. The van der Waals surface area contributed by atoms with Gasteiger partial charge in [-0.25, -0.2) is 0 Å². The van der Waals surface area contributed by atoms with E-state index in [2.05, 4.69) is 0 Å². The van der Waals surface area contributed by atoms with Crippen LogP contribution in [0.1, 0.15) is 0 Å². The molecule has 0 aliphatic carbocycles. The van der Waals surface area contributed by atoms with Crippen LogP contribution in [0.25, 0.3) is 22.1 Å². The highest BCUT2D eigenvalue weighted by Gasteiger charge is 2.50. The van der Waals surface area contributed by atoms with E-state index in [1.807, 2.05) is 0 Å². The molecule has 8 atom stereocenters. The first-order chi connectivity index (χ1) is 21.6. The number of fused-ring (bicyclic) bond motifs is 2. The van der Waals surface area contributed by atoms with Crippen LogP contribution in [0.4, 0.5) is 0 Å². The van der Waals surface area contributed by atoms with Crippen LogP contribution in [-0.2, 0) is 14.2 Å². The maximum absolute atomic E-state index is 13.6. The number of hydrogen-bond donors (Lipinski definition) is 6. The number of hydrogen-bond acceptors (Lipinski definition) is 16. The van der Waals surface area contributed by atoms with E-state index >= 15 is 0 Å². The Bertz CT molecular complexity index is 1610. The van der Waals surface area contributed by atoms with Crippen LogP contribution in [0.5, 0.6) is 28.7 Å².